The van der Waals surface area contributed by atoms with E-state index in [0.717, 1.165) is 6.42 Å². The van der Waals surface area contributed by atoms with Crippen LogP contribution in [0.5, 0.6) is 0 Å². The molecule has 0 saturated carbocycles. The van der Waals surface area contributed by atoms with Crippen molar-refractivity contribution in [2.75, 3.05) is 33.0 Å². The second kappa shape index (κ2) is 9.28. The van der Waals surface area contributed by atoms with Gasteiger partial charge in [0, 0.05) is 19.8 Å². The molecular formula is C8H17NO4. The van der Waals surface area contributed by atoms with Crippen LogP contribution in [0.2, 0.25) is 0 Å². The summed E-state index contributed by atoms with van der Waals surface area (Å²) < 4.78 is 9.62. The molecule has 78 valence electrons. The maximum Gasteiger partial charge on any atom is 0.407 e. The number of alkyl carbamates (subject to hydrolysis) is 1. The predicted octanol–water partition coefficient (Wildman–Crippen LogP) is 0.132. The van der Waals surface area contributed by atoms with Crippen molar-refractivity contribution < 1.29 is 19.4 Å². The minimum Gasteiger partial charge on any atom is -0.447 e. The first kappa shape index (κ1) is 12.2. The highest BCUT2D eigenvalue weighted by Gasteiger charge is 1.98. The summed E-state index contributed by atoms with van der Waals surface area (Å²) in [7, 11) is 0. The van der Waals surface area contributed by atoms with Crippen molar-refractivity contribution in [1.29, 1.82) is 0 Å². The molecule has 5 nitrogen and oxygen atoms in total. The lowest BCUT2D eigenvalue weighted by Gasteiger charge is -2.05. The van der Waals surface area contributed by atoms with Crippen LogP contribution < -0.4 is 5.32 Å². The van der Waals surface area contributed by atoms with Crippen molar-refractivity contribution in [1.82, 2.24) is 5.32 Å². The molecule has 0 atom stereocenters. The number of hydrogen-bond acceptors (Lipinski definition) is 4. The fraction of sp³-hybridized carbons (Fsp3) is 0.875. The van der Waals surface area contributed by atoms with Crippen LogP contribution in [0.25, 0.3) is 0 Å². The summed E-state index contributed by atoms with van der Waals surface area (Å²) in [6, 6.07) is 0. The summed E-state index contributed by atoms with van der Waals surface area (Å²) in [6.45, 7) is 3.67. The van der Waals surface area contributed by atoms with Gasteiger partial charge in [-0.3, -0.25) is 0 Å². The quantitative estimate of drug-likeness (QED) is 0.561. The van der Waals surface area contributed by atoms with Crippen molar-refractivity contribution in [3.8, 4) is 0 Å². The molecule has 0 heterocycles. The minimum atomic E-state index is -0.495. The van der Waals surface area contributed by atoms with Gasteiger partial charge >= 0.3 is 6.09 Å². The maximum absolute atomic E-state index is 10.7. The third kappa shape index (κ3) is 9.10. The Morgan fingerprint density at radius 2 is 2.23 bits per heavy atom. The third-order valence-corrected chi connectivity index (χ3v) is 1.26. The number of amides is 1. The van der Waals surface area contributed by atoms with Gasteiger partial charge in [-0.05, 0) is 13.3 Å². The molecule has 5 heteroatoms. The molecule has 0 aromatic heterocycles. The fourth-order valence-electron chi connectivity index (χ4n) is 0.698. The Morgan fingerprint density at radius 1 is 1.46 bits per heavy atom. The second-order valence-corrected chi connectivity index (χ2v) is 2.34. The van der Waals surface area contributed by atoms with E-state index in [-0.39, 0.29) is 13.2 Å². The van der Waals surface area contributed by atoms with E-state index in [2.05, 4.69) is 10.1 Å². The predicted molar refractivity (Wildman–Crippen MR) is 47.5 cm³/mol. The van der Waals surface area contributed by atoms with Crippen molar-refractivity contribution >= 4 is 6.09 Å². The lowest BCUT2D eigenvalue weighted by atomic mass is 10.4. The van der Waals surface area contributed by atoms with Crippen LogP contribution in [0.1, 0.15) is 13.3 Å². The second-order valence-electron chi connectivity index (χ2n) is 2.34. The van der Waals surface area contributed by atoms with Crippen LogP contribution >= 0.6 is 0 Å². The molecule has 0 unspecified atom stereocenters. The van der Waals surface area contributed by atoms with Gasteiger partial charge in [-0.1, -0.05) is 0 Å². The first-order valence-electron chi connectivity index (χ1n) is 4.40. The lowest BCUT2D eigenvalue weighted by molar-refractivity contribution is 0.116. The molecule has 0 aromatic rings. The Morgan fingerprint density at radius 3 is 2.85 bits per heavy atom. The average Bonchev–Trinajstić information content (AvgIpc) is 2.14. The third-order valence-electron chi connectivity index (χ3n) is 1.26. The number of hydrogen-bond donors (Lipinski definition) is 2. The van der Waals surface area contributed by atoms with Crippen LogP contribution in [0.15, 0.2) is 0 Å². The zero-order valence-electron chi connectivity index (χ0n) is 7.91. The van der Waals surface area contributed by atoms with E-state index in [4.69, 9.17) is 9.84 Å². The first-order chi connectivity index (χ1) is 6.31. The van der Waals surface area contributed by atoms with E-state index < -0.39 is 6.09 Å². The Labute approximate surface area is 78.0 Å². The molecular weight excluding hydrogens is 174 g/mol. The van der Waals surface area contributed by atoms with Crippen LogP contribution in [-0.4, -0.2) is 44.2 Å². The number of carbonyl (C=O) groups excluding carboxylic acids is 1. The smallest absolute Gasteiger partial charge is 0.407 e. The van der Waals surface area contributed by atoms with Gasteiger partial charge < -0.3 is 19.9 Å². The topological polar surface area (TPSA) is 67.8 Å². The molecule has 0 aliphatic heterocycles. The molecule has 0 spiro atoms. The summed E-state index contributed by atoms with van der Waals surface area (Å²) >= 11 is 0. The van der Waals surface area contributed by atoms with Crippen LogP contribution in [0, 0.1) is 0 Å². The number of aliphatic hydroxyl groups is 1. The monoisotopic (exact) mass is 191 g/mol. The van der Waals surface area contributed by atoms with Crippen LogP contribution in [0.3, 0.4) is 0 Å². The molecule has 0 aliphatic rings. The van der Waals surface area contributed by atoms with Crippen LogP contribution in [0.4, 0.5) is 4.79 Å². The molecule has 0 saturated heterocycles. The van der Waals surface area contributed by atoms with Gasteiger partial charge in [0.2, 0.25) is 0 Å². The number of rotatable bonds is 7. The number of ether oxygens (including phenoxy) is 2. The van der Waals surface area contributed by atoms with E-state index in [1.807, 2.05) is 6.92 Å². The average molecular weight is 191 g/mol. The molecule has 1 amide bonds. The molecule has 0 radical (unpaired) electrons. The zero-order valence-corrected chi connectivity index (χ0v) is 7.91. The number of carbonyl (C=O) groups is 1. The first-order valence-corrected chi connectivity index (χ1v) is 4.40. The maximum atomic E-state index is 10.7. The number of aliphatic hydroxyl groups excluding tert-OH is 1. The fourth-order valence-corrected chi connectivity index (χ4v) is 0.698. The molecule has 0 aromatic carbocycles. The highest BCUT2D eigenvalue weighted by molar-refractivity contribution is 5.66. The summed E-state index contributed by atoms with van der Waals surface area (Å²) in [4.78, 5) is 10.7. The Balaban J connectivity index is 3.08. The Bertz CT molecular complexity index is 129. The largest absolute Gasteiger partial charge is 0.447 e. The molecule has 0 rings (SSSR count). The van der Waals surface area contributed by atoms with Gasteiger partial charge in [-0.25, -0.2) is 4.79 Å². The van der Waals surface area contributed by atoms with Crippen molar-refractivity contribution in [3.05, 3.63) is 0 Å². The van der Waals surface area contributed by atoms with Crippen molar-refractivity contribution in [3.63, 3.8) is 0 Å². The summed E-state index contributed by atoms with van der Waals surface area (Å²) in [5.41, 5.74) is 0. The minimum absolute atomic E-state index is 0.0390. The van der Waals surface area contributed by atoms with E-state index in [1.165, 1.54) is 0 Å². The van der Waals surface area contributed by atoms with Gasteiger partial charge in [-0.2, -0.15) is 0 Å². The highest BCUT2D eigenvalue weighted by Crippen LogP contribution is 1.82. The van der Waals surface area contributed by atoms with E-state index in [1.54, 1.807) is 0 Å². The van der Waals surface area contributed by atoms with Crippen LogP contribution in [-0.2, 0) is 9.47 Å². The SMILES string of the molecule is CCOCCCNC(=O)OCCO. The number of nitrogens with one attached hydrogen (secondary N) is 1. The normalized spacial score (nSPS) is 9.69. The van der Waals surface area contributed by atoms with Gasteiger partial charge in [-0.15, -0.1) is 0 Å². The van der Waals surface area contributed by atoms with Crippen molar-refractivity contribution in [2.24, 2.45) is 0 Å². The van der Waals surface area contributed by atoms with Gasteiger partial charge in [0.15, 0.2) is 0 Å². The molecule has 0 fully saturated rings. The lowest BCUT2D eigenvalue weighted by Crippen LogP contribution is -2.27. The molecule has 0 aliphatic carbocycles. The van der Waals surface area contributed by atoms with Gasteiger partial charge in [0.1, 0.15) is 6.61 Å². The molecule has 0 bridgehead atoms. The van der Waals surface area contributed by atoms with E-state index in [0.29, 0.717) is 19.8 Å². The van der Waals surface area contributed by atoms with E-state index in [9.17, 15) is 4.79 Å². The van der Waals surface area contributed by atoms with Crippen molar-refractivity contribution in [2.45, 2.75) is 13.3 Å². The highest BCUT2D eigenvalue weighted by atomic mass is 16.6. The Kier molecular flexibility index (Phi) is 8.70. The summed E-state index contributed by atoms with van der Waals surface area (Å²) in [5, 5.41) is 10.9. The standard InChI is InChI=1S/C8H17NO4/c1-2-12-6-3-4-9-8(11)13-7-5-10/h10H,2-7H2,1H3,(H,9,11). The Hall–Kier alpha value is -0.810. The molecule has 2 N–H and O–H groups in total. The van der Waals surface area contributed by atoms with Gasteiger partial charge in [0.25, 0.3) is 0 Å². The zero-order chi connectivity index (χ0) is 9.94. The molecule has 13 heavy (non-hydrogen) atoms. The summed E-state index contributed by atoms with van der Waals surface area (Å²) in [6.07, 6.45) is 0.271. The van der Waals surface area contributed by atoms with Gasteiger partial charge in [0.05, 0.1) is 6.61 Å². The summed E-state index contributed by atoms with van der Waals surface area (Å²) in [5.74, 6) is 0. The van der Waals surface area contributed by atoms with E-state index >= 15 is 0 Å².